The van der Waals surface area contributed by atoms with Crippen LogP contribution in [0.5, 0.6) is 0 Å². The van der Waals surface area contributed by atoms with Crippen LogP contribution in [0.1, 0.15) is 0 Å². The molecule has 0 atom stereocenters. The molecule has 0 aromatic carbocycles. The molecule has 0 radical (unpaired) electrons. The lowest BCUT2D eigenvalue weighted by atomic mass is 10.4. The number of anilines is 1. The summed E-state index contributed by atoms with van der Waals surface area (Å²) in [6, 6.07) is 2.10. The van der Waals surface area contributed by atoms with Gasteiger partial charge in [-0.1, -0.05) is 11.6 Å². The summed E-state index contributed by atoms with van der Waals surface area (Å²) < 4.78 is 35.6. The number of halogens is 4. The number of hydrogen-bond donors (Lipinski definition) is 1. The lowest BCUT2D eigenvalue weighted by molar-refractivity contribution is -0.384. The first-order valence-corrected chi connectivity index (χ1v) is 4.29. The van der Waals surface area contributed by atoms with Gasteiger partial charge in [-0.2, -0.15) is 13.2 Å². The van der Waals surface area contributed by atoms with E-state index in [2.05, 4.69) is 4.98 Å². The van der Waals surface area contributed by atoms with Crippen LogP contribution in [0.25, 0.3) is 0 Å². The fourth-order valence-corrected chi connectivity index (χ4v) is 1.04. The van der Waals surface area contributed by atoms with Crippen LogP contribution in [0.3, 0.4) is 0 Å². The van der Waals surface area contributed by atoms with Crippen LogP contribution in [-0.4, -0.2) is 22.6 Å². The van der Waals surface area contributed by atoms with Gasteiger partial charge in [-0.3, -0.25) is 10.1 Å². The van der Waals surface area contributed by atoms with Crippen molar-refractivity contribution in [3.8, 4) is 0 Å². The molecule has 0 bridgehead atoms. The number of nitrogens with one attached hydrogen (secondary N) is 1. The van der Waals surface area contributed by atoms with E-state index in [0.717, 1.165) is 12.1 Å². The third kappa shape index (κ3) is 3.54. The molecule has 1 aromatic rings. The zero-order valence-electron chi connectivity index (χ0n) is 7.58. The number of pyridine rings is 1. The molecule has 1 aromatic heterocycles. The summed E-state index contributed by atoms with van der Waals surface area (Å²) in [7, 11) is 0. The largest absolute Gasteiger partial charge is 0.405 e. The van der Waals surface area contributed by atoms with Crippen LogP contribution in [0.2, 0.25) is 5.15 Å². The number of nitro groups is 1. The fraction of sp³-hybridized carbons (Fsp3) is 0.286. The van der Waals surface area contributed by atoms with Crippen LogP contribution in [-0.2, 0) is 0 Å². The molecule has 1 heterocycles. The van der Waals surface area contributed by atoms with E-state index >= 15 is 0 Å². The highest BCUT2D eigenvalue weighted by Crippen LogP contribution is 2.25. The maximum Gasteiger partial charge on any atom is 0.405 e. The van der Waals surface area contributed by atoms with Crippen molar-refractivity contribution in [2.24, 2.45) is 0 Å². The SMILES string of the molecule is O=[N+]([O-])c1ccc(Cl)nc1NCC(F)(F)F. The second-order valence-corrected chi connectivity index (χ2v) is 3.11. The smallest absolute Gasteiger partial charge is 0.355 e. The standard InChI is InChI=1S/C7H5ClF3N3O2/c8-5-2-1-4(14(15)16)6(13-5)12-3-7(9,10)11/h1-2H,3H2,(H,12,13). The summed E-state index contributed by atoms with van der Waals surface area (Å²) >= 11 is 5.42. The third-order valence-electron chi connectivity index (χ3n) is 1.49. The Hall–Kier alpha value is -1.57. The molecule has 1 rings (SSSR count). The van der Waals surface area contributed by atoms with E-state index in [1.807, 2.05) is 5.32 Å². The average Bonchev–Trinajstić information content (AvgIpc) is 2.13. The second kappa shape index (κ2) is 4.52. The van der Waals surface area contributed by atoms with E-state index in [4.69, 9.17) is 11.6 Å². The number of aromatic nitrogens is 1. The summed E-state index contributed by atoms with van der Waals surface area (Å²) in [5, 5.41) is 12.1. The molecular formula is C7H5ClF3N3O2. The molecule has 16 heavy (non-hydrogen) atoms. The maximum absolute atomic E-state index is 11.9. The van der Waals surface area contributed by atoms with Crippen LogP contribution < -0.4 is 5.32 Å². The minimum atomic E-state index is -4.49. The lowest BCUT2D eigenvalue weighted by Crippen LogP contribution is -2.22. The molecule has 88 valence electrons. The predicted octanol–water partition coefficient (Wildman–Crippen LogP) is 2.62. The van der Waals surface area contributed by atoms with Gasteiger partial charge in [0.15, 0.2) is 0 Å². The highest BCUT2D eigenvalue weighted by atomic mass is 35.5. The van der Waals surface area contributed by atoms with Crippen molar-refractivity contribution >= 4 is 23.1 Å². The van der Waals surface area contributed by atoms with Gasteiger partial charge in [0.05, 0.1) is 4.92 Å². The molecule has 0 unspecified atom stereocenters. The molecule has 0 spiro atoms. The minimum Gasteiger partial charge on any atom is -0.355 e. The van der Waals surface area contributed by atoms with Gasteiger partial charge in [0.2, 0.25) is 5.82 Å². The first-order chi connectivity index (χ1) is 7.29. The Morgan fingerprint density at radius 3 is 2.62 bits per heavy atom. The average molecular weight is 256 g/mol. The minimum absolute atomic E-state index is 0.129. The number of hydrogen-bond acceptors (Lipinski definition) is 4. The summed E-state index contributed by atoms with van der Waals surface area (Å²) in [5.41, 5.74) is -0.561. The molecule has 0 saturated heterocycles. The first-order valence-electron chi connectivity index (χ1n) is 3.91. The predicted molar refractivity (Wildman–Crippen MR) is 50.4 cm³/mol. The van der Waals surface area contributed by atoms with Gasteiger partial charge in [0.1, 0.15) is 11.7 Å². The van der Waals surface area contributed by atoms with Crippen molar-refractivity contribution in [2.75, 3.05) is 11.9 Å². The van der Waals surface area contributed by atoms with E-state index in [0.29, 0.717) is 0 Å². The van der Waals surface area contributed by atoms with E-state index < -0.39 is 29.1 Å². The first kappa shape index (κ1) is 12.5. The second-order valence-electron chi connectivity index (χ2n) is 2.73. The van der Waals surface area contributed by atoms with E-state index in [-0.39, 0.29) is 5.15 Å². The topological polar surface area (TPSA) is 68.1 Å². The Morgan fingerprint density at radius 1 is 1.50 bits per heavy atom. The number of nitrogens with zero attached hydrogens (tertiary/aromatic N) is 2. The zero-order valence-corrected chi connectivity index (χ0v) is 8.34. The van der Waals surface area contributed by atoms with Crippen molar-refractivity contribution in [1.82, 2.24) is 4.98 Å². The Labute approximate surface area is 92.4 Å². The van der Waals surface area contributed by atoms with Gasteiger partial charge >= 0.3 is 11.9 Å². The van der Waals surface area contributed by atoms with Gasteiger partial charge < -0.3 is 5.32 Å². The Morgan fingerprint density at radius 2 is 2.12 bits per heavy atom. The molecule has 9 heteroatoms. The molecule has 0 fully saturated rings. The van der Waals surface area contributed by atoms with Crippen LogP contribution in [0.15, 0.2) is 12.1 Å². The number of rotatable bonds is 3. The highest BCUT2D eigenvalue weighted by Gasteiger charge is 2.28. The molecular weight excluding hydrogens is 251 g/mol. The Bertz CT molecular complexity index is 410. The van der Waals surface area contributed by atoms with Gasteiger partial charge in [0, 0.05) is 6.07 Å². The molecule has 0 saturated carbocycles. The molecule has 0 aliphatic carbocycles. The van der Waals surface area contributed by atoms with Crippen LogP contribution in [0.4, 0.5) is 24.7 Å². The van der Waals surface area contributed by atoms with Crippen molar-refractivity contribution in [3.05, 3.63) is 27.4 Å². The van der Waals surface area contributed by atoms with E-state index in [1.54, 1.807) is 0 Å². The summed E-state index contributed by atoms with van der Waals surface area (Å²) in [5.74, 6) is -0.505. The van der Waals surface area contributed by atoms with E-state index in [9.17, 15) is 23.3 Å². The van der Waals surface area contributed by atoms with Gasteiger partial charge in [-0.05, 0) is 6.07 Å². The summed E-state index contributed by atoms with van der Waals surface area (Å²) in [6.07, 6.45) is -4.49. The highest BCUT2D eigenvalue weighted by molar-refractivity contribution is 6.29. The maximum atomic E-state index is 11.9. The zero-order chi connectivity index (χ0) is 12.3. The Kier molecular flexibility index (Phi) is 3.53. The van der Waals surface area contributed by atoms with Gasteiger partial charge in [0.25, 0.3) is 0 Å². The normalized spacial score (nSPS) is 11.2. The molecule has 0 amide bonds. The molecule has 1 N–H and O–H groups in total. The third-order valence-corrected chi connectivity index (χ3v) is 1.70. The fourth-order valence-electron chi connectivity index (χ4n) is 0.889. The van der Waals surface area contributed by atoms with Gasteiger partial charge in [-0.15, -0.1) is 0 Å². The molecule has 5 nitrogen and oxygen atoms in total. The molecule has 0 aliphatic heterocycles. The van der Waals surface area contributed by atoms with Crippen molar-refractivity contribution in [2.45, 2.75) is 6.18 Å². The quantitative estimate of drug-likeness (QED) is 0.512. The van der Waals surface area contributed by atoms with Crippen molar-refractivity contribution < 1.29 is 18.1 Å². The summed E-state index contributed by atoms with van der Waals surface area (Å²) in [4.78, 5) is 13.0. The van der Waals surface area contributed by atoms with Gasteiger partial charge in [-0.25, -0.2) is 4.98 Å². The van der Waals surface area contributed by atoms with Crippen molar-refractivity contribution in [1.29, 1.82) is 0 Å². The lowest BCUT2D eigenvalue weighted by Gasteiger charge is -2.08. The van der Waals surface area contributed by atoms with E-state index in [1.165, 1.54) is 0 Å². The van der Waals surface area contributed by atoms with Crippen LogP contribution >= 0.6 is 11.6 Å². The van der Waals surface area contributed by atoms with Crippen molar-refractivity contribution in [3.63, 3.8) is 0 Å². The van der Waals surface area contributed by atoms with Crippen LogP contribution in [0, 0.1) is 10.1 Å². The molecule has 0 aliphatic rings. The monoisotopic (exact) mass is 255 g/mol. The summed E-state index contributed by atoms with van der Waals surface area (Å²) in [6.45, 7) is -1.42. The number of alkyl halides is 3. The Balaban J connectivity index is 2.93.